The van der Waals surface area contributed by atoms with Gasteiger partial charge in [-0.25, -0.2) is 0 Å². The van der Waals surface area contributed by atoms with Gasteiger partial charge in [-0.2, -0.15) is 0 Å². The summed E-state index contributed by atoms with van der Waals surface area (Å²) in [5.74, 6) is 3.04. The summed E-state index contributed by atoms with van der Waals surface area (Å²) in [7, 11) is 0. The Morgan fingerprint density at radius 1 is 0.839 bits per heavy atom. The smallest absolute Gasteiger partial charge is 0.0761 e. The average Bonchev–Trinajstić information content (AvgIpc) is 2.93. The van der Waals surface area contributed by atoms with Crippen LogP contribution < -0.4 is 0 Å². The molecule has 1 unspecified atom stereocenters. The predicted octanol–water partition coefficient (Wildman–Crippen LogP) is 8.17. The summed E-state index contributed by atoms with van der Waals surface area (Å²) in [6.07, 6.45) is 13.2. The summed E-state index contributed by atoms with van der Waals surface area (Å²) in [5, 5.41) is 11.4. The van der Waals surface area contributed by atoms with Crippen molar-refractivity contribution in [3.8, 4) is 0 Å². The van der Waals surface area contributed by atoms with Crippen molar-refractivity contribution in [1.82, 2.24) is 0 Å². The van der Waals surface area contributed by atoms with Crippen LogP contribution in [0.4, 0.5) is 0 Å². The molecule has 0 heterocycles. The van der Waals surface area contributed by atoms with Crippen molar-refractivity contribution < 1.29 is 5.11 Å². The molecule has 0 aliphatic heterocycles. The lowest BCUT2D eigenvalue weighted by Crippen LogP contribution is -2.62. The minimum atomic E-state index is -0.187. The molecule has 0 aromatic carbocycles. The van der Waals surface area contributed by atoms with Gasteiger partial charge in [0.2, 0.25) is 0 Å². The van der Waals surface area contributed by atoms with E-state index in [-0.39, 0.29) is 16.9 Å². The highest BCUT2D eigenvalue weighted by atomic mass is 16.3. The van der Waals surface area contributed by atoms with Gasteiger partial charge in [-0.05, 0) is 114 Å². The molecule has 0 aromatic heterocycles. The van der Waals surface area contributed by atoms with Gasteiger partial charge in [-0.1, -0.05) is 67.4 Å². The van der Waals surface area contributed by atoms with E-state index >= 15 is 0 Å². The van der Waals surface area contributed by atoms with E-state index in [0.717, 1.165) is 18.3 Å². The Morgan fingerprint density at radius 2 is 1.55 bits per heavy atom. The number of fused-ring (bicyclic) bond motifs is 6. The largest absolute Gasteiger partial charge is 0.389 e. The second-order valence-corrected chi connectivity index (χ2v) is 14.7. The summed E-state index contributed by atoms with van der Waals surface area (Å²) in [4.78, 5) is 0. The fourth-order valence-electron chi connectivity index (χ4n) is 11.3. The van der Waals surface area contributed by atoms with Crippen LogP contribution >= 0.6 is 0 Å². The SMILES string of the molecule is CC(C)[C@H]1C[C@@H](O)C2=C3CC[C@@H]4[C@@]5(C)CCCC(C)(C)C5CC[C@@]4(C)[C@]3(C)CC[C@@]21C. The van der Waals surface area contributed by atoms with Crippen molar-refractivity contribution in [2.45, 2.75) is 126 Å². The summed E-state index contributed by atoms with van der Waals surface area (Å²) in [6.45, 7) is 20.5. The maximum absolute atomic E-state index is 11.4. The van der Waals surface area contributed by atoms with E-state index in [9.17, 15) is 5.11 Å². The molecule has 176 valence electrons. The van der Waals surface area contributed by atoms with E-state index in [1.807, 2.05) is 0 Å². The number of allylic oxidation sites excluding steroid dienone is 1. The third-order valence-corrected chi connectivity index (χ3v) is 12.9. The van der Waals surface area contributed by atoms with Gasteiger partial charge in [0, 0.05) is 0 Å². The Kier molecular flexibility index (Phi) is 4.82. The van der Waals surface area contributed by atoms with Crippen molar-refractivity contribution in [2.75, 3.05) is 0 Å². The maximum atomic E-state index is 11.4. The van der Waals surface area contributed by atoms with Gasteiger partial charge in [-0.15, -0.1) is 0 Å². The summed E-state index contributed by atoms with van der Waals surface area (Å²) in [5.41, 5.74) is 5.17. The van der Waals surface area contributed by atoms with Crippen LogP contribution in [0.2, 0.25) is 0 Å². The molecule has 5 aliphatic rings. The standard InChI is InChI=1S/C30H50O/c1-19(2)21-18-22(31)25-20-10-11-24-28(6)14-9-13-26(3,4)23(28)12-15-30(24,8)29(20,7)17-16-27(21,25)5/h19,21-24,31H,9-18H2,1-8H3/t21-,22-,23?,24-,27-,28+,29-,30-/m1/s1. The van der Waals surface area contributed by atoms with E-state index in [4.69, 9.17) is 0 Å². The average molecular weight is 427 g/mol. The first-order chi connectivity index (χ1) is 14.3. The molecule has 0 bridgehead atoms. The summed E-state index contributed by atoms with van der Waals surface area (Å²) >= 11 is 0. The highest BCUT2D eigenvalue weighted by Gasteiger charge is 2.67. The molecule has 1 N–H and O–H groups in total. The van der Waals surface area contributed by atoms with Crippen molar-refractivity contribution in [3.63, 3.8) is 0 Å². The van der Waals surface area contributed by atoms with Gasteiger partial charge in [-0.3, -0.25) is 0 Å². The molecule has 4 fully saturated rings. The Labute approximate surface area is 192 Å². The molecule has 0 saturated heterocycles. The number of aliphatic hydroxyl groups is 1. The normalized spacial score (nSPS) is 53.6. The van der Waals surface area contributed by atoms with Gasteiger partial charge in [0.25, 0.3) is 0 Å². The van der Waals surface area contributed by atoms with Crippen LogP contribution in [-0.2, 0) is 0 Å². The third kappa shape index (κ3) is 2.65. The Balaban J connectivity index is 1.60. The molecule has 4 saturated carbocycles. The minimum Gasteiger partial charge on any atom is -0.389 e. The highest BCUT2D eigenvalue weighted by molar-refractivity contribution is 5.41. The van der Waals surface area contributed by atoms with Crippen molar-refractivity contribution >= 4 is 0 Å². The molecule has 0 radical (unpaired) electrons. The van der Waals surface area contributed by atoms with Gasteiger partial charge < -0.3 is 5.11 Å². The van der Waals surface area contributed by atoms with Crippen LogP contribution in [0.5, 0.6) is 0 Å². The Hall–Kier alpha value is -0.300. The van der Waals surface area contributed by atoms with Crippen LogP contribution in [0.25, 0.3) is 0 Å². The summed E-state index contributed by atoms with van der Waals surface area (Å²) < 4.78 is 0. The van der Waals surface area contributed by atoms with Crippen LogP contribution in [0.3, 0.4) is 0 Å². The lowest BCUT2D eigenvalue weighted by atomic mass is 9.34. The lowest BCUT2D eigenvalue weighted by Gasteiger charge is -2.70. The van der Waals surface area contributed by atoms with Gasteiger partial charge in [0.15, 0.2) is 0 Å². The van der Waals surface area contributed by atoms with E-state index in [1.54, 1.807) is 5.57 Å². The van der Waals surface area contributed by atoms with Crippen molar-refractivity contribution in [2.24, 2.45) is 50.7 Å². The predicted molar refractivity (Wildman–Crippen MR) is 131 cm³/mol. The third-order valence-electron chi connectivity index (χ3n) is 12.9. The zero-order valence-electron chi connectivity index (χ0n) is 21.9. The first kappa shape index (κ1) is 22.5. The molecule has 5 rings (SSSR count). The number of hydrogen-bond donors (Lipinski definition) is 1. The van der Waals surface area contributed by atoms with Gasteiger partial charge in [0.05, 0.1) is 6.10 Å². The van der Waals surface area contributed by atoms with Crippen molar-refractivity contribution in [3.05, 3.63) is 11.1 Å². The van der Waals surface area contributed by atoms with Crippen molar-refractivity contribution in [1.29, 1.82) is 0 Å². The number of hydrogen-bond acceptors (Lipinski definition) is 1. The first-order valence-corrected chi connectivity index (χ1v) is 13.7. The number of aliphatic hydroxyl groups excluding tert-OH is 1. The van der Waals surface area contributed by atoms with E-state index < -0.39 is 0 Å². The van der Waals surface area contributed by atoms with Crippen LogP contribution in [0.15, 0.2) is 11.1 Å². The first-order valence-electron chi connectivity index (χ1n) is 13.7. The molecule has 5 aliphatic carbocycles. The molecule has 0 aromatic rings. The molecule has 1 nitrogen and oxygen atoms in total. The second-order valence-electron chi connectivity index (χ2n) is 14.7. The van der Waals surface area contributed by atoms with E-state index in [0.29, 0.717) is 28.1 Å². The second kappa shape index (κ2) is 6.64. The molecule has 1 heteroatoms. The number of rotatable bonds is 1. The van der Waals surface area contributed by atoms with E-state index in [2.05, 4.69) is 55.4 Å². The molecular formula is C30H50O. The summed E-state index contributed by atoms with van der Waals surface area (Å²) in [6, 6.07) is 0. The zero-order valence-corrected chi connectivity index (χ0v) is 21.9. The monoisotopic (exact) mass is 426 g/mol. The molecule has 31 heavy (non-hydrogen) atoms. The highest BCUT2D eigenvalue weighted by Crippen LogP contribution is 2.75. The fourth-order valence-corrected chi connectivity index (χ4v) is 11.3. The quantitative estimate of drug-likeness (QED) is 0.419. The topological polar surface area (TPSA) is 20.2 Å². The maximum Gasteiger partial charge on any atom is 0.0761 e. The van der Waals surface area contributed by atoms with E-state index in [1.165, 1.54) is 63.4 Å². The fraction of sp³-hybridized carbons (Fsp3) is 0.933. The molecular weight excluding hydrogens is 376 g/mol. The Morgan fingerprint density at radius 3 is 2.23 bits per heavy atom. The Bertz CT molecular complexity index is 790. The lowest BCUT2D eigenvalue weighted by molar-refractivity contribution is -0.180. The molecule has 0 amide bonds. The van der Waals surface area contributed by atoms with Crippen LogP contribution in [0, 0.1) is 50.7 Å². The molecule has 0 spiro atoms. The molecule has 8 atom stereocenters. The van der Waals surface area contributed by atoms with Gasteiger partial charge >= 0.3 is 0 Å². The van der Waals surface area contributed by atoms with Gasteiger partial charge in [0.1, 0.15) is 0 Å². The van der Waals surface area contributed by atoms with Crippen LogP contribution in [-0.4, -0.2) is 11.2 Å². The van der Waals surface area contributed by atoms with Crippen LogP contribution in [0.1, 0.15) is 120 Å². The zero-order chi connectivity index (χ0) is 22.6. The minimum absolute atomic E-state index is 0.187.